The molecule has 0 aliphatic heterocycles. The summed E-state index contributed by atoms with van der Waals surface area (Å²) in [5.41, 5.74) is 8.62. The van der Waals surface area contributed by atoms with Crippen LogP contribution >= 0.6 is 0 Å². The van der Waals surface area contributed by atoms with Gasteiger partial charge in [0, 0.05) is 16.6 Å². The van der Waals surface area contributed by atoms with Gasteiger partial charge in [0.15, 0.2) is 0 Å². The van der Waals surface area contributed by atoms with Gasteiger partial charge in [-0.25, -0.2) is 4.39 Å². The molecule has 0 saturated heterocycles. The van der Waals surface area contributed by atoms with Crippen LogP contribution < -0.4 is 10.5 Å². The third-order valence-corrected chi connectivity index (χ3v) is 3.37. The van der Waals surface area contributed by atoms with Crippen molar-refractivity contribution in [2.24, 2.45) is 0 Å². The monoisotopic (exact) mass is 267 g/mol. The number of anilines is 1. The minimum absolute atomic E-state index is 0.275. The van der Waals surface area contributed by atoms with Gasteiger partial charge in [0.25, 0.3) is 0 Å². The van der Waals surface area contributed by atoms with Gasteiger partial charge in [-0.15, -0.1) is 0 Å². The molecule has 3 aromatic carbocycles. The number of rotatable bonds is 2. The van der Waals surface area contributed by atoms with Crippen LogP contribution in [0.25, 0.3) is 21.9 Å². The molecule has 0 amide bonds. The first-order valence-corrected chi connectivity index (χ1v) is 6.31. The van der Waals surface area contributed by atoms with Crippen molar-refractivity contribution >= 4 is 16.5 Å². The van der Waals surface area contributed by atoms with E-state index in [1.54, 1.807) is 13.2 Å². The molecule has 0 fully saturated rings. The molecule has 100 valence electrons. The standard InChI is InChI=1S/C17H14FNO/c1-20-17-9-12(14-4-2-3-5-16(14)19)8-11-6-7-13(18)10-15(11)17/h2-10H,19H2,1H3. The Balaban J connectivity index is 2.29. The highest BCUT2D eigenvalue weighted by molar-refractivity contribution is 5.94. The predicted molar refractivity (Wildman–Crippen MR) is 80.3 cm³/mol. The van der Waals surface area contributed by atoms with Gasteiger partial charge in [-0.2, -0.15) is 0 Å². The Labute approximate surface area is 116 Å². The Kier molecular flexibility index (Phi) is 3.03. The van der Waals surface area contributed by atoms with Crippen LogP contribution in [0, 0.1) is 5.82 Å². The number of hydrogen-bond donors (Lipinski definition) is 1. The number of nitrogens with two attached hydrogens (primary N) is 1. The van der Waals surface area contributed by atoms with Crippen molar-refractivity contribution < 1.29 is 9.13 Å². The lowest BCUT2D eigenvalue weighted by molar-refractivity contribution is 0.420. The largest absolute Gasteiger partial charge is 0.496 e. The van der Waals surface area contributed by atoms with Gasteiger partial charge in [-0.3, -0.25) is 0 Å². The lowest BCUT2D eigenvalue weighted by Gasteiger charge is -2.11. The van der Waals surface area contributed by atoms with Crippen molar-refractivity contribution in [1.29, 1.82) is 0 Å². The van der Waals surface area contributed by atoms with E-state index in [1.807, 2.05) is 36.4 Å². The maximum absolute atomic E-state index is 13.4. The van der Waals surface area contributed by atoms with Crippen LogP contribution in [0.2, 0.25) is 0 Å². The van der Waals surface area contributed by atoms with Crippen molar-refractivity contribution in [2.45, 2.75) is 0 Å². The van der Waals surface area contributed by atoms with Crippen LogP contribution in [0.15, 0.2) is 54.6 Å². The fourth-order valence-corrected chi connectivity index (χ4v) is 2.38. The van der Waals surface area contributed by atoms with Crippen molar-refractivity contribution in [3.8, 4) is 16.9 Å². The first kappa shape index (κ1) is 12.5. The molecule has 0 aliphatic carbocycles. The summed E-state index contributed by atoms with van der Waals surface area (Å²) in [5.74, 6) is 0.364. The topological polar surface area (TPSA) is 35.2 Å². The van der Waals surface area contributed by atoms with Crippen molar-refractivity contribution in [1.82, 2.24) is 0 Å². The number of hydrogen-bond acceptors (Lipinski definition) is 2. The van der Waals surface area contributed by atoms with Crippen LogP contribution in [0.4, 0.5) is 10.1 Å². The summed E-state index contributed by atoms with van der Waals surface area (Å²) in [4.78, 5) is 0. The quantitative estimate of drug-likeness (QED) is 0.705. The number of ether oxygens (including phenoxy) is 1. The molecule has 0 bridgehead atoms. The lowest BCUT2D eigenvalue weighted by Crippen LogP contribution is -1.92. The number of nitrogen functional groups attached to an aromatic ring is 1. The average molecular weight is 267 g/mol. The van der Waals surface area contributed by atoms with Gasteiger partial charge < -0.3 is 10.5 Å². The number of benzene rings is 3. The molecule has 20 heavy (non-hydrogen) atoms. The van der Waals surface area contributed by atoms with E-state index < -0.39 is 0 Å². The van der Waals surface area contributed by atoms with Gasteiger partial charge >= 0.3 is 0 Å². The van der Waals surface area contributed by atoms with E-state index >= 15 is 0 Å². The molecule has 2 N–H and O–H groups in total. The van der Waals surface area contributed by atoms with Gasteiger partial charge in [0.05, 0.1) is 7.11 Å². The molecule has 0 saturated carbocycles. The fraction of sp³-hybridized carbons (Fsp3) is 0.0588. The first-order chi connectivity index (χ1) is 9.69. The molecule has 2 nitrogen and oxygen atoms in total. The summed E-state index contributed by atoms with van der Waals surface area (Å²) in [5, 5.41) is 1.68. The SMILES string of the molecule is COc1cc(-c2ccccc2N)cc2ccc(F)cc12. The lowest BCUT2D eigenvalue weighted by atomic mass is 9.99. The molecule has 0 unspecified atom stereocenters. The average Bonchev–Trinajstić information content (AvgIpc) is 2.46. The van der Waals surface area contributed by atoms with Gasteiger partial charge in [-0.05, 0) is 41.3 Å². The second-order valence-electron chi connectivity index (χ2n) is 4.63. The minimum atomic E-state index is -0.275. The minimum Gasteiger partial charge on any atom is -0.496 e. The molecule has 3 heteroatoms. The smallest absolute Gasteiger partial charge is 0.127 e. The molecule has 3 rings (SSSR count). The van der Waals surface area contributed by atoms with E-state index in [9.17, 15) is 4.39 Å². The summed E-state index contributed by atoms with van der Waals surface area (Å²) in [6, 6.07) is 16.2. The third-order valence-electron chi connectivity index (χ3n) is 3.37. The van der Waals surface area contributed by atoms with Crippen molar-refractivity contribution in [3.63, 3.8) is 0 Å². The normalized spacial score (nSPS) is 10.7. The number of methoxy groups -OCH3 is 1. The highest BCUT2D eigenvalue weighted by atomic mass is 19.1. The molecule has 0 heterocycles. The van der Waals surface area contributed by atoms with Crippen LogP contribution in [0.5, 0.6) is 5.75 Å². The maximum Gasteiger partial charge on any atom is 0.127 e. The Morgan fingerprint density at radius 3 is 2.55 bits per heavy atom. The second kappa shape index (κ2) is 4.85. The zero-order valence-corrected chi connectivity index (χ0v) is 11.1. The zero-order chi connectivity index (χ0) is 14.1. The van der Waals surface area contributed by atoms with Gasteiger partial charge in [-0.1, -0.05) is 24.3 Å². The molecule has 0 radical (unpaired) electrons. The molecule has 0 spiro atoms. The van der Waals surface area contributed by atoms with Crippen LogP contribution in [-0.4, -0.2) is 7.11 Å². The first-order valence-electron chi connectivity index (χ1n) is 6.31. The summed E-state index contributed by atoms with van der Waals surface area (Å²) in [6.07, 6.45) is 0. The number of fused-ring (bicyclic) bond motifs is 1. The van der Waals surface area contributed by atoms with Crippen LogP contribution in [0.1, 0.15) is 0 Å². The molecular formula is C17H14FNO. The van der Waals surface area contributed by atoms with Crippen molar-refractivity contribution in [3.05, 3.63) is 60.4 Å². The Hall–Kier alpha value is -2.55. The highest BCUT2D eigenvalue weighted by Gasteiger charge is 2.09. The summed E-state index contributed by atoms with van der Waals surface area (Å²) in [7, 11) is 1.58. The van der Waals surface area contributed by atoms with E-state index in [-0.39, 0.29) is 5.82 Å². The van der Waals surface area contributed by atoms with E-state index in [1.165, 1.54) is 12.1 Å². The second-order valence-corrected chi connectivity index (χ2v) is 4.63. The van der Waals surface area contributed by atoms with E-state index in [4.69, 9.17) is 10.5 Å². The fourth-order valence-electron chi connectivity index (χ4n) is 2.38. The summed E-state index contributed by atoms with van der Waals surface area (Å²) < 4.78 is 18.7. The summed E-state index contributed by atoms with van der Waals surface area (Å²) in [6.45, 7) is 0. The molecule has 0 atom stereocenters. The number of para-hydroxylation sites is 1. The zero-order valence-electron chi connectivity index (χ0n) is 11.1. The van der Waals surface area contributed by atoms with Gasteiger partial charge in [0.1, 0.15) is 11.6 Å². The Morgan fingerprint density at radius 1 is 1.00 bits per heavy atom. The van der Waals surface area contributed by atoms with E-state index in [0.29, 0.717) is 11.4 Å². The predicted octanol–water partition coefficient (Wildman–Crippen LogP) is 4.24. The molecule has 0 aliphatic rings. The Morgan fingerprint density at radius 2 is 1.80 bits per heavy atom. The molecule has 0 aromatic heterocycles. The Bertz CT molecular complexity index is 783. The van der Waals surface area contributed by atoms with Crippen molar-refractivity contribution in [2.75, 3.05) is 12.8 Å². The highest BCUT2D eigenvalue weighted by Crippen LogP contribution is 2.34. The van der Waals surface area contributed by atoms with E-state index in [2.05, 4.69) is 0 Å². The third kappa shape index (κ3) is 2.07. The van der Waals surface area contributed by atoms with E-state index in [0.717, 1.165) is 21.9 Å². The maximum atomic E-state index is 13.4. The summed E-state index contributed by atoms with van der Waals surface area (Å²) >= 11 is 0. The molecule has 3 aromatic rings. The van der Waals surface area contributed by atoms with Crippen LogP contribution in [0.3, 0.4) is 0 Å². The van der Waals surface area contributed by atoms with Crippen LogP contribution in [-0.2, 0) is 0 Å². The number of halogens is 1. The molecular weight excluding hydrogens is 253 g/mol. The van der Waals surface area contributed by atoms with Gasteiger partial charge in [0.2, 0.25) is 0 Å².